The van der Waals surface area contributed by atoms with E-state index in [0.29, 0.717) is 0 Å². The summed E-state index contributed by atoms with van der Waals surface area (Å²) in [4.78, 5) is 13.9. The third-order valence-electron chi connectivity index (χ3n) is 3.03. The van der Waals surface area contributed by atoms with Crippen LogP contribution in [-0.4, -0.2) is 13.0 Å². The molecular weight excluding hydrogens is 258 g/mol. The Morgan fingerprint density at radius 2 is 1.79 bits per heavy atom. The topological polar surface area (TPSA) is 20.3 Å². The van der Waals surface area contributed by atoms with Gasteiger partial charge in [-0.25, -0.2) is 0 Å². The highest BCUT2D eigenvalue weighted by Gasteiger charge is 2.22. The summed E-state index contributed by atoms with van der Waals surface area (Å²) in [6.45, 7) is 2.00. The maximum atomic E-state index is 12.3. The highest BCUT2D eigenvalue weighted by Crippen LogP contribution is 2.25. The van der Waals surface area contributed by atoms with Crippen molar-refractivity contribution in [1.82, 2.24) is 0 Å². The third kappa shape index (κ3) is 3.15. The van der Waals surface area contributed by atoms with Gasteiger partial charge in [0.1, 0.15) is 5.38 Å². The quantitative estimate of drug-likeness (QED) is 0.776. The van der Waals surface area contributed by atoms with Gasteiger partial charge in [0.05, 0.1) is 0 Å². The van der Waals surface area contributed by atoms with E-state index in [1.807, 2.05) is 61.5 Å². The molecule has 2 aromatic carbocycles. The number of hydrogen-bond donors (Lipinski definition) is 0. The number of likely N-dealkylation sites (N-methyl/N-ethyl adjacent to an activating group) is 1. The van der Waals surface area contributed by atoms with Crippen LogP contribution in [0.25, 0.3) is 0 Å². The molecule has 1 amide bonds. The van der Waals surface area contributed by atoms with E-state index in [9.17, 15) is 4.79 Å². The van der Waals surface area contributed by atoms with Crippen LogP contribution in [-0.2, 0) is 4.79 Å². The summed E-state index contributed by atoms with van der Waals surface area (Å²) in [6, 6.07) is 17.2. The summed E-state index contributed by atoms with van der Waals surface area (Å²) in [5, 5.41) is -0.660. The molecule has 0 aromatic heterocycles. The summed E-state index contributed by atoms with van der Waals surface area (Å²) >= 11 is 6.25. The van der Waals surface area contributed by atoms with Gasteiger partial charge in [-0.2, -0.15) is 0 Å². The Hall–Kier alpha value is -1.80. The van der Waals surface area contributed by atoms with E-state index in [1.54, 1.807) is 11.9 Å². The van der Waals surface area contributed by atoms with Crippen LogP contribution in [0.3, 0.4) is 0 Å². The van der Waals surface area contributed by atoms with E-state index in [1.165, 1.54) is 0 Å². The van der Waals surface area contributed by atoms with Crippen molar-refractivity contribution < 1.29 is 4.79 Å². The number of benzene rings is 2. The number of nitrogens with zero attached hydrogens (tertiary/aromatic N) is 1. The van der Waals surface area contributed by atoms with Gasteiger partial charge in [-0.3, -0.25) is 4.79 Å². The third-order valence-corrected chi connectivity index (χ3v) is 3.47. The first-order valence-electron chi connectivity index (χ1n) is 6.13. The minimum Gasteiger partial charge on any atom is -0.314 e. The van der Waals surface area contributed by atoms with E-state index in [2.05, 4.69) is 0 Å². The van der Waals surface area contributed by atoms with Crippen molar-refractivity contribution in [3.63, 3.8) is 0 Å². The highest BCUT2D eigenvalue weighted by atomic mass is 35.5. The minimum atomic E-state index is -0.660. The lowest BCUT2D eigenvalue weighted by Gasteiger charge is -2.21. The second-order valence-corrected chi connectivity index (χ2v) is 4.95. The van der Waals surface area contributed by atoms with Gasteiger partial charge in [0.15, 0.2) is 0 Å². The molecule has 2 aromatic rings. The van der Waals surface area contributed by atoms with Crippen molar-refractivity contribution in [3.8, 4) is 0 Å². The Kier molecular flexibility index (Phi) is 4.23. The van der Waals surface area contributed by atoms with Crippen LogP contribution in [0.1, 0.15) is 16.5 Å². The lowest BCUT2D eigenvalue weighted by atomic mass is 10.1. The van der Waals surface area contributed by atoms with Gasteiger partial charge in [0.25, 0.3) is 0 Å². The number of alkyl halides is 1. The predicted octanol–water partition coefficient (Wildman–Crippen LogP) is 3.94. The fraction of sp³-hybridized carbons (Fsp3) is 0.188. The molecule has 0 bridgehead atoms. The number of aryl methyl sites for hydroxylation is 1. The standard InChI is InChI=1S/C16H16ClNO/c1-12-7-6-10-14(11-12)18(2)16(19)15(17)13-8-4-3-5-9-13/h3-11,15H,1-2H3. The minimum absolute atomic E-state index is 0.126. The first-order valence-corrected chi connectivity index (χ1v) is 6.56. The van der Waals surface area contributed by atoms with Gasteiger partial charge in [-0.1, -0.05) is 42.5 Å². The Morgan fingerprint density at radius 3 is 2.42 bits per heavy atom. The Labute approximate surface area is 118 Å². The number of halogens is 1. The Morgan fingerprint density at radius 1 is 1.11 bits per heavy atom. The molecule has 0 saturated heterocycles. The van der Waals surface area contributed by atoms with Gasteiger partial charge in [-0.15, -0.1) is 11.6 Å². The van der Waals surface area contributed by atoms with Crippen molar-refractivity contribution in [2.75, 3.05) is 11.9 Å². The largest absolute Gasteiger partial charge is 0.314 e. The molecule has 0 aliphatic carbocycles. The molecular formula is C16H16ClNO. The molecule has 0 saturated carbocycles. The first-order chi connectivity index (χ1) is 9.09. The smallest absolute Gasteiger partial charge is 0.249 e. The van der Waals surface area contributed by atoms with Crippen molar-refractivity contribution in [3.05, 3.63) is 65.7 Å². The van der Waals surface area contributed by atoms with Gasteiger partial charge < -0.3 is 4.90 Å². The number of carbonyl (C=O) groups is 1. The molecule has 98 valence electrons. The molecule has 19 heavy (non-hydrogen) atoms. The molecule has 0 radical (unpaired) electrons. The van der Waals surface area contributed by atoms with Crippen molar-refractivity contribution in [1.29, 1.82) is 0 Å². The van der Waals surface area contributed by atoms with E-state index < -0.39 is 5.38 Å². The zero-order chi connectivity index (χ0) is 13.8. The summed E-state index contributed by atoms with van der Waals surface area (Å²) in [7, 11) is 1.75. The van der Waals surface area contributed by atoms with Crippen LogP contribution in [0.5, 0.6) is 0 Å². The molecule has 2 nitrogen and oxygen atoms in total. The fourth-order valence-corrected chi connectivity index (χ4v) is 2.19. The van der Waals surface area contributed by atoms with Crippen LogP contribution >= 0.6 is 11.6 Å². The molecule has 0 heterocycles. The summed E-state index contributed by atoms with van der Waals surface area (Å²) in [5.41, 5.74) is 2.78. The summed E-state index contributed by atoms with van der Waals surface area (Å²) in [6.07, 6.45) is 0. The molecule has 0 aliphatic heterocycles. The zero-order valence-corrected chi connectivity index (χ0v) is 11.8. The number of hydrogen-bond acceptors (Lipinski definition) is 1. The van der Waals surface area contributed by atoms with Crippen LogP contribution in [0.15, 0.2) is 54.6 Å². The molecule has 1 unspecified atom stereocenters. The van der Waals surface area contributed by atoms with Crippen molar-refractivity contribution >= 4 is 23.2 Å². The van der Waals surface area contributed by atoms with E-state index >= 15 is 0 Å². The van der Waals surface area contributed by atoms with Crippen LogP contribution < -0.4 is 4.90 Å². The Bertz CT molecular complexity index is 568. The van der Waals surface area contributed by atoms with Crippen molar-refractivity contribution in [2.45, 2.75) is 12.3 Å². The molecule has 0 spiro atoms. The zero-order valence-electron chi connectivity index (χ0n) is 11.0. The second-order valence-electron chi connectivity index (χ2n) is 4.51. The number of carbonyl (C=O) groups excluding carboxylic acids is 1. The molecule has 0 N–H and O–H groups in total. The van der Waals surface area contributed by atoms with E-state index in [-0.39, 0.29) is 5.91 Å². The number of anilines is 1. The first kappa shape index (κ1) is 13.6. The average molecular weight is 274 g/mol. The van der Waals surface area contributed by atoms with Gasteiger partial charge in [0.2, 0.25) is 5.91 Å². The molecule has 3 heteroatoms. The maximum Gasteiger partial charge on any atom is 0.249 e. The van der Waals surface area contributed by atoms with Gasteiger partial charge in [0, 0.05) is 12.7 Å². The van der Waals surface area contributed by atoms with Crippen LogP contribution in [0.4, 0.5) is 5.69 Å². The van der Waals surface area contributed by atoms with Crippen molar-refractivity contribution in [2.24, 2.45) is 0 Å². The number of amides is 1. The van der Waals surface area contributed by atoms with Crippen LogP contribution in [0, 0.1) is 6.92 Å². The maximum absolute atomic E-state index is 12.3. The second kappa shape index (κ2) is 5.89. The van der Waals surface area contributed by atoms with Crippen LogP contribution in [0.2, 0.25) is 0 Å². The lowest BCUT2D eigenvalue weighted by molar-refractivity contribution is -0.118. The Balaban J connectivity index is 2.20. The summed E-state index contributed by atoms with van der Waals surface area (Å²) in [5.74, 6) is -0.126. The molecule has 0 aliphatic rings. The van der Waals surface area contributed by atoms with Gasteiger partial charge in [-0.05, 0) is 30.2 Å². The monoisotopic (exact) mass is 273 g/mol. The molecule has 1 atom stereocenters. The predicted molar refractivity (Wildman–Crippen MR) is 79.6 cm³/mol. The normalized spacial score (nSPS) is 11.9. The molecule has 2 rings (SSSR count). The summed E-state index contributed by atoms with van der Waals surface area (Å²) < 4.78 is 0. The van der Waals surface area contributed by atoms with E-state index in [0.717, 1.165) is 16.8 Å². The number of rotatable bonds is 3. The van der Waals surface area contributed by atoms with Gasteiger partial charge >= 0.3 is 0 Å². The lowest BCUT2D eigenvalue weighted by Crippen LogP contribution is -2.29. The highest BCUT2D eigenvalue weighted by molar-refractivity contribution is 6.32. The fourth-order valence-electron chi connectivity index (χ4n) is 1.90. The average Bonchev–Trinajstić information content (AvgIpc) is 2.46. The SMILES string of the molecule is Cc1cccc(N(C)C(=O)C(Cl)c2ccccc2)c1. The molecule has 0 fully saturated rings. The van der Waals surface area contributed by atoms with E-state index in [4.69, 9.17) is 11.6 Å².